The molecule has 1 amide bonds. The number of nitrogens with zero attached hydrogens (tertiary/aromatic N) is 2. The Kier molecular flexibility index (Phi) is 4.92. The predicted octanol–water partition coefficient (Wildman–Crippen LogP) is 4.81. The number of rotatable bonds is 5. The van der Waals surface area contributed by atoms with Gasteiger partial charge in [0.05, 0.1) is 23.2 Å². The monoisotopic (exact) mass is 395 g/mol. The molecule has 7 heteroatoms. The normalized spacial score (nSPS) is 12.2. The van der Waals surface area contributed by atoms with E-state index >= 15 is 0 Å². The maximum absolute atomic E-state index is 13.8. The topological polar surface area (TPSA) is 68.0 Å². The predicted molar refractivity (Wildman–Crippen MR) is 106 cm³/mol. The molecule has 0 unspecified atom stereocenters. The Labute approximate surface area is 165 Å². The highest BCUT2D eigenvalue weighted by Gasteiger charge is 2.16. The number of amides is 1. The fourth-order valence-electron chi connectivity index (χ4n) is 2.93. The van der Waals surface area contributed by atoms with Gasteiger partial charge in [-0.1, -0.05) is 18.2 Å². The van der Waals surface area contributed by atoms with Crippen molar-refractivity contribution in [1.82, 2.24) is 15.3 Å². The highest BCUT2D eigenvalue weighted by Crippen LogP contribution is 2.21. The van der Waals surface area contributed by atoms with Crippen LogP contribution in [0.15, 0.2) is 52.3 Å². The molecule has 0 fully saturated rings. The molecule has 0 saturated heterocycles. The standard InChI is InChI=1S/C21H18FN3O2S/c1-12(18-11-28-13(2)24-18)23-21(26)15-7-8-17-19(9-15)27-20(25-17)10-14-5-3-4-6-16(14)22/h3-9,11-12H,10H2,1-2H3,(H,23,26)/t12-/m0/s1. The Hall–Kier alpha value is -3.06. The third-order valence-corrected chi connectivity index (χ3v) is 5.21. The number of carbonyl (C=O) groups is 1. The zero-order valence-corrected chi connectivity index (χ0v) is 16.2. The summed E-state index contributed by atoms with van der Waals surface area (Å²) < 4.78 is 19.6. The first-order valence-corrected chi connectivity index (χ1v) is 9.73. The first-order valence-electron chi connectivity index (χ1n) is 8.85. The van der Waals surface area contributed by atoms with Crippen LogP contribution in [0.3, 0.4) is 0 Å². The minimum Gasteiger partial charge on any atom is -0.440 e. The van der Waals surface area contributed by atoms with Crippen molar-refractivity contribution >= 4 is 28.3 Å². The largest absolute Gasteiger partial charge is 0.440 e. The van der Waals surface area contributed by atoms with E-state index in [1.165, 1.54) is 6.07 Å². The lowest BCUT2D eigenvalue weighted by Gasteiger charge is -2.11. The number of thiazole rings is 1. The summed E-state index contributed by atoms with van der Waals surface area (Å²) in [5, 5.41) is 5.84. The van der Waals surface area contributed by atoms with Crippen LogP contribution < -0.4 is 5.32 Å². The Bertz CT molecular complexity index is 1150. The second-order valence-electron chi connectivity index (χ2n) is 6.54. The molecule has 0 aliphatic carbocycles. The van der Waals surface area contributed by atoms with E-state index in [4.69, 9.17) is 4.42 Å². The molecule has 2 aromatic carbocycles. The summed E-state index contributed by atoms with van der Waals surface area (Å²) >= 11 is 1.55. The van der Waals surface area contributed by atoms with Gasteiger partial charge in [0.15, 0.2) is 11.5 Å². The van der Waals surface area contributed by atoms with Gasteiger partial charge >= 0.3 is 0 Å². The lowest BCUT2D eigenvalue weighted by atomic mass is 10.1. The van der Waals surface area contributed by atoms with Crippen LogP contribution in [0, 0.1) is 12.7 Å². The first kappa shape index (κ1) is 18.3. The number of nitrogens with one attached hydrogen (secondary N) is 1. The van der Waals surface area contributed by atoms with Crippen LogP contribution in [-0.2, 0) is 6.42 Å². The molecule has 5 nitrogen and oxygen atoms in total. The molecule has 0 spiro atoms. The van der Waals surface area contributed by atoms with Crippen molar-refractivity contribution in [1.29, 1.82) is 0 Å². The number of hydrogen-bond acceptors (Lipinski definition) is 5. The summed E-state index contributed by atoms with van der Waals surface area (Å²) in [5.74, 6) is -0.104. The van der Waals surface area contributed by atoms with Crippen molar-refractivity contribution in [3.8, 4) is 0 Å². The van der Waals surface area contributed by atoms with Crippen LogP contribution >= 0.6 is 11.3 Å². The van der Waals surface area contributed by atoms with E-state index in [0.717, 1.165) is 10.7 Å². The van der Waals surface area contributed by atoms with Crippen LogP contribution in [0.1, 0.15) is 45.5 Å². The van der Waals surface area contributed by atoms with Gasteiger partial charge < -0.3 is 9.73 Å². The second kappa shape index (κ2) is 7.52. The molecular weight excluding hydrogens is 377 g/mol. The molecular formula is C21H18FN3O2S. The van der Waals surface area contributed by atoms with Crippen LogP contribution in [0.5, 0.6) is 0 Å². The number of halogens is 1. The van der Waals surface area contributed by atoms with Crippen LogP contribution in [0.25, 0.3) is 11.1 Å². The summed E-state index contributed by atoms with van der Waals surface area (Å²) in [6, 6.07) is 11.4. The summed E-state index contributed by atoms with van der Waals surface area (Å²) in [6.45, 7) is 3.82. The average molecular weight is 395 g/mol. The van der Waals surface area contributed by atoms with E-state index in [1.807, 2.05) is 19.2 Å². The first-order chi connectivity index (χ1) is 13.5. The molecule has 1 N–H and O–H groups in total. The average Bonchev–Trinajstić information content (AvgIpc) is 3.28. The van der Waals surface area contributed by atoms with Gasteiger partial charge in [0.1, 0.15) is 11.3 Å². The smallest absolute Gasteiger partial charge is 0.251 e. The van der Waals surface area contributed by atoms with E-state index in [1.54, 1.807) is 47.7 Å². The van der Waals surface area contributed by atoms with E-state index < -0.39 is 0 Å². The van der Waals surface area contributed by atoms with Crippen molar-refractivity contribution in [3.05, 3.63) is 81.4 Å². The fraction of sp³-hybridized carbons (Fsp3) is 0.190. The summed E-state index contributed by atoms with van der Waals surface area (Å²) in [4.78, 5) is 21.4. The molecule has 4 aromatic rings. The van der Waals surface area contributed by atoms with Crippen molar-refractivity contribution in [2.45, 2.75) is 26.3 Å². The van der Waals surface area contributed by atoms with E-state index in [2.05, 4.69) is 15.3 Å². The fourth-order valence-corrected chi connectivity index (χ4v) is 3.63. The summed E-state index contributed by atoms with van der Waals surface area (Å²) in [7, 11) is 0. The number of aromatic nitrogens is 2. The van der Waals surface area contributed by atoms with Gasteiger partial charge in [-0.2, -0.15) is 0 Å². The zero-order valence-electron chi connectivity index (χ0n) is 15.4. The Morgan fingerprint density at radius 1 is 1.25 bits per heavy atom. The van der Waals surface area contributed by atoms with Gasteiger partial charge in [-0.05, 0) is 43.7 Å². The van der Waals surface area contributed by atoms with Crippen LogP contribution in [-0.4, -0.2) is 15.9 Å². The Morgan fingerprint density at radius 2 is 2.07 bits per heavy atom. The SMILES string of the molecule is Cc1nc([C@H](C)NC(=O)c2ccc3nc(Cc4ccccc4F)oc3c2)cs1. The molecule has 0 bridgehead atoms. The van der Waals surface area contributed by atoms with Gasteiger partial charge in [-0.25, -0.2) is 14.4 Å². The Morgan fingerprint density at radius 3 is 2.82 bits per heavy atom. The lowest BCUT2D eigenvalue weighted by molar-refractivity contribution is 0.0939. The number of fused-ring (bicyclic) bond motifs is 1. The van der Waals surface area contributed by atoms with E-state index in [0.29, 0.717) is 28.1 Å². The molecule has 1 atom stereocenters. The van der Waals surface area contributed by atoms with Gasteiger partial charge in [0, 0.05) is 10.9 Å². The highest BCUT2D eigenvalue weighted by molar-refractivity contribution is 7.09. The summed E-state index contributed by atoms with van der Waals surface area (Å²) in [5.41, 5.74) is 2.95. The molecule has 0 aliphatic rings. The summed E-state index contributed by atoms with van der Waals surface area (Å²) in [6.07, 6.45) is 0.253. The molecule has 142 valence electrons. The highest BCUT2D eigenvalue weighted by atomic mass is 32.1. The van der Waals surface area contributed by atoms with E-state index in [9.17, 15) is 9.18 Å². The van der Waals surface area contributed by atoms with Crippen LogP contribution in [0.2, 0.25) is 0 Å². The number of aryl methyl sites for hydroxylation is 1. The number of benzene rings is 2. The molecule has 2 heterocycles. The molecule has 0 aliphatic heterocycles. The van der Waals surface area contributed by atoms with Crippen LogP contribution in [0.4, 0.5) is 4.39 Å². The maximum Gasteiger partial charge on any atom is 0.251 e. The zero-order chi connectivity index (χ0) is 19.7. The van der Waals surface area contributed by atoms with Crippen molar-refractivity contribution in [3.63, 3.8) is 0 Å². The minimum atomic E-state index is -0.295. The third-order valence-electron chi connectivity index (χ3n) is 4.42. The molecule has 28 heavy (non-hydrogen) atoms. The third kappa shape index (κ3) is 3.80. The molecule has 0 radical (unpaired) electrons. The van der Waals surface area contributed by atoms with Gasteiger partial charge in [0.25, 0.3) is 5.91 Å². The molecule has 4 rings (SSSR count). The Balaban J connectivity index is 1.52. The van der Waals surface area contributed by atoms with Crippen molar-refractivity contribution < 1.29 is 13.6 Å². The minimum absolute atomic E-state index is 0.195. The lowest BCUT2D eigenvalue weighted by Crippen LogP contribution is -2.26. The number of oxazole rings is 1. The van der Waals surface area contributed by atoms with E-state index in [-0.39, 0.29) is 24.2 Å². The quantitative estimate of drug-likeness (QED) is 0.526. The van der Waals surface area contributed by atoms with Crippen molar-refractivity contribution in [2.75, 3.05) is 0 Å². The second-order valence-corrected chi connectivity index (χ2v) is 7.61. The van der Waals surface area contributed by atoms with Gasteiger partial charge in [0.2, 0.25) is 0 Å². The van der Waals surface area contributed by atoms with Gasteiger partial charge in [-0.3, -0.25) is 4.79 Å². The maximum atomic E-state index is 13.8. The van der Waals surface area contributed by atoms with Gasteiger partial charge in [-0.15, -0.1) is 11.3 Å². The van der Waals surface area contributed by atoms with Crippen molar-refractivity contribution in [2.24, 2.45) is 0 Å². The molecule has 2 aromatic heterocycles. The molecule has 0 saturated carbocycles. The number of carbonyl (C=O) groups excluding carboxylic acids is 1. The number of hydrogen-bond donors (Lipinski definition) is 1.